The maximum atomic E-state index is 12.0. The van der Waals surface area contributed by atoms with Crippen molar-refractivity contribution >= 4 is 40.9 Å². The number of nitrogens with one attached hydrogen (secondary N) is 2. The van der Waals surface area contributed by atoms with Crippen LogP contribution in [0.25, 0.3) is 11.0 Å². The molecule has 1 unspecified atom stereocenters. The predicted octanol–water partition coefficient (Wildman–Crippen LogP) is 0.925. The highest BCUT2D eigenvalue weighted by Gasteiger charge is 2.15. The molecule has 23 heavy (non-hydrogen) atoms. The molecule has 8 heteroatoms. The molecule has 0 aliphatic heterocycles. The van der Waals surface area contributed by atoms with Crippen molar-refractivity contribution in [2.24, 2.45) is 5.73 Å². The molecule has 2 amide bonds. The van der Waals surface area contributed by atoms with Crippen LogP contribution in [0.15, 0.2) is 33.5 Å². The molecule has 1 heterocycles. The molecule has 4 N–H and O–H groups in total. The number of carbonyl (C=O) groups is 2. The highest BCUT2D eigenvalue weighted by molar-refractivity contribution is 5.98. The van der Waals surface area contributed by atoms with Crippen molar-refractivity contribution in [3.8, 4) is 0 Å². The van der Waals surface area contributed by atoms with Crippen LogP contribution in [0.1, 0.15) is 12.5 Å². The molecule has 2 aromatic rings. The van der Waals surface area contributed by atoms with Crippen molar-refractivity contribution in [1.29, 1.82) is 0 Å². The van der Waals surface area contributed by atoms with Gasteiger partial charge in [0.2, 0.25) is 11.8 Å². The van der Waals surface area contributed by atoms with Crippen molar-refractivity contribution in [2.45, 2.75) is 19.9 Å². The Hall–Kier alpha value is -2.38. The van der Waals surface area contributed by atoms with Crippen LogP contribution in [0.4, 0.5) is 5.69 Å². The van der Waals surface area contributed by atoms with E-state index in [0.717, 1.165) is 10.9 Å². The Balaban J connectivity index is 0.00000264. The Morgan fingerprint density at radius 3 is 2.65 bits per heavy atom. The van der Waals surface area contributed by atoms with Crippen LogP contribution in [0, 0.1) is 6.92 Å². The molecular weight excluding hydrogens is 322 g/mol. The second-order valence-corrected chi connectivity index (χ2v) is 4.94. The van der Waals surface area contributed by atoms with Gasteiger partial charge in [-0.3, -0.25) is 9.59 Å². The van der Waals surface area contributed by atoms with Gasteiger partial charge in [0.15, 0.2) is 0 Å². The first-order valence-corrected chi connectivity index (χ1v) is 6.75. The number of hydrogen-bond donors (Lipinski definition) is 3. The van der Waals surface area contributed by atoms with Gasteiger partial charge >= 0.3 is 5.63 Å². The Kier molecular flexibility index (Phi) is 6.29. The number of hydrogen-bond acceptors (Lipinski definition) is 5. The summed E-state index contributed by atoms with van der Waals surface area (Å²) in [5.41, 5.74) is 6.39. The minimum absolute atomic E-state index is 0. The smallest absolute Gasteiger partial charge is 0.336 e. The molecule has 0 radical (unpaired) electrons. The largest absolute Gasteiger partial charge is 0.423 e. The van der Waals surface area contributed by atoms with Crippen LogP contribution < -0.4 is 22.0 Å². The highest BCUT2D eigenvalue weighted by Crippen LogP contribution is 2.20. The summed E-state index contributed by atoms with van der Waals surface area (Å²) < 4.78 is 5.11. The number of rotatable bonds is 4. The Morgan fingerprint density at radius 1 is 1.30 bits per heavy atom. The lowest BCUT2D eigenvalue weighted by Crippen LogP contribution is -2.44. The fourth-order valence-electron chi connectivity index (χ4n) is 2.02. The summed E-state index contributed by atoms with van der Waals surface area (Å²) in [4.78, 5) is 34.5. The molecule has 0 bridgehead atoms. The van der Waals surface area contributed by atoms with E-state index in [4.69, 9.17) is 10.2 Å². The molecule has 0 aliphatic rings. The Labute approximate surface area is 138 Å². The standard InChI is InChI=1S/C15H17N3O4.ClH/c1-8-5-14(20)22-12-6-10(3-4-11(8)12)18-15(21)9(2)17-13(19)7-16;/h3-6,9H,7,16H2,1-2H3,(H,17,19)(H,18,21);1H. The van der Waals surface area contributed by atoms with Crippen molar-refractivity contribution in [2.75, 3.05) is 11.9 Å². The minimum atomic E-state index is -0.726. The number of fused-ring (bicyclic) bond motifs is 1. The highest BCUT2D eigenvalue weighted by atomic mass is 35.5. The summed E-state index contributed by atoms with van der Waals surface area (Å²) in [5, 5.41) is 5.89. The van der Waals surface area contributed by atoms with Gasteiger partial charge in [-0.05, 0) is 31.5 Å². The molecule has 0 saturated carbocycles. The number of carbonyl (C=O) groups excluding carboxylic acids is 2. The summed E-state index contributed by atoms with van der Waals surface area (Å²) >= 11 is 0. The second-order valence-electron chi connectivity index (χ2n) is 4.94. The van der Waals surface area contributed by atoms with Crippen LogP contribution in [-0.4, -0.2) is 24.4 Å². The monoisotopic (exact) mass is 339 g/mol. The van der Waals surface area contributed by atoms with Crippen LogP contribution in [0.2, 0.25) is 0 Å². The Morgan fingerprint density at radius 2 is 2.00 bits per heavy atom. The lowest BCUT2D eigenvalue weighted by atomic mass is 10.1. The third-order valence-electron chi connectivity index (χ3n) is 3.18. The molecule has 0 saturated heterocycles. The summed E-state index contributed by atoms with van der Waals surface area (Å²) in [5.74, 6) is -0.807. The number of amides is 2. The van der Waals surface area contributed by atoms with Gasteiger partial charge in [-0.25, -0.2) is 4.79 Å². The SMILES string of the molecule is Cc1cc(=O)oc2cc(NC(=O)C(C)NC(=O)CN)ccc12.Cl. The molecule has 0 spiro atoms. The van der Waals surface area contributed by atoms with E-state index in [-0.39, 0.29) is 19.0 Å². The molecule has 1 atom stereocenters. The average molecular weight is 340 g/mol. The van der Waals surface area contributed by atoms with Crippen molar-refractivity contribution in [3.63, 3.8) is 0 Å². The van der Waals surface area contributed by atoms with Crippen molar-refractivity contribution in [3.05, 3.63) is 40.2 Å². The van der Waals surface area contributed by atoms with Gasteiger partial charge in [-0.2, -0.15) is 0 Å². The van der Waals surface area contributed by atoms with Crippen LogP contribution >= 0.6 is 12.4 Å². The summed E-state index contributed by atoms with van der Waals surface area (Å²) in [6.45, 7) is 3.17. The van der Waals surface area contributed by atoms with Crippen molar-refractivity contribution < 1.29 is 14.0 Å². The summed E-state index contributed by atoms with van der Waals surface area (Å²) in [6.07, 6.45) is 0. The number of nitrogens with two attached hydrogens (primary N) is 1. The van der Waals surface area contributed by atoms with Gasteiger partial charge in [0.25, 0.3) is 0 Å². The zero-order chi connectivity index (χ0) is 16.3. The van der Waals surface area contributed by atoms with Gasteiger partial charge in [-0.1, -0.05) is 0 Å². The average Bonchev–Trinajstić information content (AvgIpc) is 2.46. The van der Waals surface area contributed by atoms with E-state index in [1.165, 1.54) is 6.07 Å². The molecule has 7 nitrogen and oxygen atoms in total. The van der Waals surface area contributed by atoms with E-state index in [1.54, 1.807) is 25.1 Å². The molecule has 0 fully saturated rings. The van der Waals surface area contributed by atoms with Crippen molar-refractivity contribution in [1.82, 2.24) is 5.32 Å². The predicted molar refractivity (Wildman–Crippen MR) is 89.8 cm³/mol. The third-order valence-corrected chi connectivity index (χ3v) is 3.18. The van der Waals surface area contributed by atoms with E-state index in [0.29, 0.717) is 11.3 Å². The fourth-order valence-corrected chi connectivity index (χ4v) is 2.02. The van der Waals surface area contributed by atoms with Gasteiger partial charge < -0.3 is 20.8 Å². The summed E-state index contributed by atoms with van der Waals surface area (Å²) in [7, 11) is 0. The number of aryl methyl sites for hydroxylation is 1. The first-order chi connectivity index (χ1) is 10.4. The van der Waals surface area contributed by atoms with Crippen LogP contribution in [-0.2, 0) is 9.59 Å². The molecule has 1 aromatic heterocycles. The van der Waals surface area contributed by atoms with E-state index in [2.05, 4.69) is 10.6 Å². The molecule has 124 valence electrons. The Bertz CT molecular complexity index is 788. The maximum absolute atomic E-state index is 12.0. The number of halogens is 1. The topological polar surface area (TPSA) is 114 Å². The van der Waals surface area contributed by atoms with Gasteiger partial charge in [-0.15, -0.1) is 12.4 Å². The van der Waals surface area contributed by atoms with Gasteiger partial charge in [0.1, 0.15) is 11.6 Å². The van der Waals surface area contributed by atoms with E-state index in [1.807, 2.05) is 6.92 Å². The van der Waals surface area contributed by atoms with E-state index >= 15 is 0 Å². The van der Waals surface area contributed by atoms with Crippen LogP contribution in [0.3, 0.4) is 0 Å². The maximum Gasteiger partial charge on any atom is 0.336 e. The fraction of sp³-hybridized carbons (Fsp3) is 0.267. The quantitative estimate of drug-likeness (QED) is 0.717. The molecular formula is C15H18ClN3O4. The molecule has 2 rings (SSSR count). The van der Waals surface area contributed by atoms with E-state index < -0.39 is 23.5 Å². The van der Waals surface area contributed by atoms with Crippen LogP contribution in [0.5, 0.6) is 0 Å². The minimum Gasteiger partial charge on any atom is -0.423 e. The number of anilines is 1. The van der Waals surface area contributed by atoms with Gasteiger partial charge in [0.05, 0.1) is 6.54 Å². The first kappa shape index (κ1) is 18.7. The zero-order valence-electron chi connectivity index (χ0n) is 12.7. The lowest BCUT2D eigenvalue weighted by molar-refractivity contribution is -0.125. The van der Waals surface area contributed by atoms with E-state index in [9.17, 15) is 14.4 Å². The third kappa shape index (κ3) is 4.54. The summed E-state index contributed by atoms with van der Waals surface area (Å²) in [6, 6.07) is 5.71. The zero-order valence-corrected chi connectivity index (χ0v) is 13.5. The lowest BCUT2D eigenvalue weighted by Gasteiger charge is -2.13. The normalized spacial score (nSPS) is 11.4. The van der Waals surface area contributed by atoms with Gasteiger partial charge in [0, 0.05) is 23.2 Å². The first-order valence-electron chi connectivity index (χ1n) is 6.75. The number of benzene rings is 1. The molecule has 1 aromatic carbocycles. The second kappa shape index (κ2) is 7.75. The molecule has 0 aliphatic carbocycles.